The van der Waals surface area contributed by atoms with Crippen molar-refractivity contribution in [2.24, 2.45) is 5.41 Å². The second-order valence-electron chi connectivity index (χ2n) is 7.63. The molecule has 0 aromatic heterocycles. The molecule has 1 atom stereocenters. The molecule has 0 radical (unpaired) electrons. The number of halogens is 1. The Kier molecular flexibility index (Phi) is 4.23. The predicted octanol–water partition coefficient (Wildman–Crippen LogP) is 4.38. The third kappa shape index (κ3) is 3.09. The molecule has 0 N–H and O–H groups in total. The maximum Gasteiger partial charge on any atom is 0.232 e. The molecular formula is C21H22FNO2. The van der Waals surface area contributed by atoms with Gasteiger partial charge in [-0.15, -0.1) is 0 Å². The van der Waals surface area contributed by atoms with Gasteiger partial charge in [0.25, 0.3) is 0 Å². The summed E-state index contributed by atoms with van der Waals surface area (Å²) in [7, 11) is 0. The Morgan fingerprint density at radius 1 is 1.12 bits per heavy atom. The predicted molar refractivity (Wildman–Crippen MR) is 96.4 cm³/mol. The van der Waals surface area contributed by atoms with Crippen LogP contribution in [-0.4, -0.2) is 17.7 Å². The quantitative estimate of drug-likeness (QED) is 0.762. The van der Waals surface area contributed by atoms with E-state index < -0.39 is 11.2 Å². The van der Waals surface area contributed by atoms with E-state index in [2.05, 4.69) is 0 Å². The first-order chi connectivity index (χ1) is 11.7. The largest absolute Gasteiger partial charge is 0.308 e. The van der Waals surface area contributed by atoms with Crippen LogP contribution in [0.1, 0.15) is 49.2 Å². The van der Waals surface area contributed by atoms with Crippen LogP contribution < -0.4 is 4.90 Å². The zero-order valence-electron chi connectivity index (χ0n) is 15.0. The van der Waals surface area contributed by atoms with Gasteiger partial charge in [-0.25, -0.2) is 4.39 Å². The Hall–Kier alpha value is -2.49. The van der Waals surface area contributed by atoms with Gasteiger partial charge in [0.05, 0.1) is 5.69 Å². The Bertz CT molecular complexity index is 837. The van der Waals surface area contributed by atoms with Crippen molar-refractivity contribution in [3.05, 3.63) is 65.0 Å². The van der Waals surface area contributed by atoms with Gasteiger partial charge >= 0.3 is 0 Å². The smallest absolute Gasteiger partial charge is 0.232 e. The van der Waals surface area contributed by atoms with E-state index in [1.807, 2.05) is 33.8 Å². The number of amides is 1. The van der Waals surface area contributed by atoms with Crippen molar-refractivity contribution in [1.82, 2.24) is 0 Å². The number of fused-ring (bicyclic) bond motifs is 1. The fraction of sp³-hybridized carbons (Fsp3) is 0.333. The molecule has 3 nitrogen and oxygen atoms in total. The summed E-state index contributed by atoms with van der Waals surface area (Å²) in [6.45, 7) is 7.48. The Morgan fingerprint density at radius 2 is 1.76 bits per heavy atom. The zero-order valence-corrected chi connectivity index (χ0v) is 15.0. The molecule has 0 aliphatic carbocycles. The van der Waals surface area contributed by atoms with Crippen LogP contribution in [-0.2, 0) is 11.2 Å². The number of hydrogen-bond donors (Lipinski definition) is 0. The second-order valence-corrected chi connectivity index (χ2v) is 7.63. The van der Waals surface area contributed by atoms with Crippen molar-refractivity contribution < 1.29 is 14.0 Å². The highest BCUT2D eigenvalue weighted by atomic mass is 19.1. The van der Waals surface area contributed by atoms with Gasteiger partial charge in [-0.3, -0.25) is 9.59 Å². The lowest BCUT2D eigenvalue weighted by Crippen LogP contribution is -2.43. The van der Waals surface area contributed by atoms with Crippen LogP contribution in [0, 0.1) is 11.2 Å². The van der Waals surface area contributed by atoms with Crippen LogP contribution >= 0.6 is 0 Å². The highest BCUT2D eigenvalue weighted by Gasteiger charge is 2.39. The summed E-state index contributed by atoms with van der Waals surface area (Å²) in [5.74, 6) is -0.778. The van der Waals surface area contributed by atoms with Crippen molar-refractivity contribution >= 4 is 17.4 Å². The lowest BCUT2D eigenvalue weighted by atomic mass is 9.93. The van der Waals surface area contributed by atoms with Crippen LogP contribution in [0.15, 0.2) is 42.5 Å². The number of benzene rings is 2. The van der Waals surface area contributed by atoms with Crippen molar-refractivity contribution in [1.29, 1.82) is 0 Å². The Morgan fingerprint density at radius 3 is 2.36 bits per heavy atom. The van der Waals surface area contributed by atoms with Crippen LogP contribution in [0.2, 0.25) is 0 Å². The van der Waals surface area contributed by atoms with Crippen LogP contribution in [0.4, 0.5) is 10.1 Å². The first-order valence-corrected chi connectivity index (χ1v) is 8.46. The molecule has 130 valence electrons. The highest BCUT2D eigenvalue weighted by Crippen LogP contribution is 2.39. The monoisotopic (exact) mass is 339 g/mol. The number of carbonyl (C=O) groups is 2. The molecule has 1 aliphatic rings. The Balaban J connectivity index is 2.17. The average molecular weight is 339 g/mol. The molecule has 25 heavy (non-hydrogen) atoms. The minimum atomic E-state index is -0.586. The topological polar surface area (TPSA) is 37.4 Å². The molecule has 3 rings (SSSR count). The summed E-state index contributed by atoms with van der Waals surface area (Å²) in [5, 5.41) is 0. The summed E-state index contributed by atoms with van der Waals surface area (Å²) in [4.78, 5) is 27.6. The molecule has 1 aliphatic heterocycles. The molecule has 1 amide bonds. The van der Waals surface area contributed by atoms with E-state index >= 15 is 0 Å². The SMILES string of the molecule is CC1Cc2cc(F)cc(C(=O)c3ccccc3)c2N1C(=O)C(C)(C)C. The minimum absolute atomic E-state index is 0.0625. The van der Waals surface area contributed by atoms with Crippen LogP contribution in [0.3, 0.4) is 0 Å². The van der Waals surface area contributed by atoms with Crippen LogP contribution in [0.25, 0.3) is 0 Å². The molecular weight excluding hydrogens is 317 g/mol. The average Bonchev–Trinajstić information content (AvgIpc) is 2.88. The van der Waals surface area contributed by atoms with Gasteiger partial charge in [0, 0.05) is 22.6 Å². The number of ketones is 1. The van der Waals surface area contributed by atoms with Gasteiger partial charge in [0.15, 0.2) is 5.78 Å². The van der Waals surface area contributed by atoms with E-state index in [0.717, 1.165) is 0 Å². The first-order valence-electron chi connectivity index (χ1n) is 8.46. The highest BCUT2D eigenvalue weighted by molar-refractivity contribution is 6.15. The fourth-order valence-corrected chi connectivity index (χ4v) is 3.31. The molecule has 0 spiro atoms. The van der Waals surface area contributed by atoms with Crippen LogP contribution in [0.5, 0.6) is 0 Å². The van der Waals surface area contributed by atoms with E-state index in [1.165, 1.54) is 12.1 Å². The van der Waals surface area contributed by atoms with E-state index in [9.17, 15) is 14.0 Å². The third-order valence-corrected chi connectivity index (χ3v) is 4.49. The molecule has 0 saturated carbocycles. The third-order valence-electron chi connectivity index (χ3n) is 4.49. The molecule has 0 saturated heterocycles. The number of rotatable bonds is 2. The number of carbonyl (C=O) groups excluding carboxylic acids is 2. The van der Waals surface area contributed by atoms with Gasteiger partial charge in [-0.2, -0.15) is 0 Å². The summed E-state index contributed by atoms with van der Waals surface area (Å²) in [6, 6.07) is 11.3. The molecule has 1 unspecified atom stereocenters. The van der Waals surface area contributed by atoms with E-state index in [-0.39, 0.29) is 23.3 Å². The summed E-state index contributed by atoms with van der Waals surface area (Å²) < 4.78 is 14.1. The van der Waals surface area contributed by atoms with Crippen molar-refractivity contribution in [3.8, 4) is 0 Å². The maximum atomic E-state index is 14.1. The first kappa shape index (κ1) is 17.3. The van der Waals surface area contributed by atoms with E-state index in [1.54, 1.807) is 29.2 Å². The van der Waals surface area contributed by atoms with Gasteiger partial charge in [-0.1, -0.05) is 51.1 Å². The molecule has 0 fully saturated rings. The number of anilines is 1. The van der Waals surface area contributed by atoms with E-state index in [4.69, 9.17) is 0 Å². The maximum absolute atomic E-state index is 14.1. The van der Waals surface area contributed by atoms with Crippen molar-refractivity contribution in [2.75, 3.05) is 4.90 Å². The normalized spacial score (nSPS) is 16.7. The lowest BCUT2D eigenvalue weighted by Gasteiger charge is -2.31. The number of nitrogens with zero attached hydrogens (tertiary/aromatic N) is 1. The molecule has 4 heteroatoms. The van der Waals surface area contributed by atoms with Gasteiger partial charge in [0.2, 0.25) is 5.91 Å². The molecule has 1 heterocycles. The van der Waals surface area contributed by atoms with Gasteiger partial charge in [-0.05, 0) is 31.0 Å². The summed E-state index contributed by atoms with van der Waals surface area (Å²) >= 11 is 0. The molecule has 2 aromatic rings. The van der Waals surface area contributed by atoms with Gasteiger partial charge < -0.3 is 4.90 Å². The summed E-state index contributed by atoms with van der Waals surface area (Å²) in [6.07, 6.45) is 0.546. The minimum Gasteiger partial charge on any atom is -0.308 e. The van der Waals surface area contributed by atoms with E-state index in [0.29, 0.717) is 23.2 Å². The van der Waals surface area contributed by atoms with Crippen molar-refractivity contribution in [3.63, 3.8) is 0 Å². The lowest BCUT2D eigenvalue weighted by molar-refractivity contribution is -0.126. The Labute approximate surface area is 147 Å². The second kappa shape index (κ2) is 6.10. The molecule has 2 aromatic carbocycles. The van der Waals surface area contributed by atoms with Crippen molar-refractivity contribution in [2.45, 2.75) is 40.2 Å². The standard InChI is InChI=1S/C21H22FNO2/c1-13-10-15-11-16(22)12-17(19(24)14-8-6-5-7-9-14)18(15)23(13)20(25)21(2,3)4/h5-9,11-13H,10H2,1-4H3. The fourth-order valence-electron chi connectivity index (χ4n) is 3.31. The number of hydrogen-bond acceptors (Lipinski definition) is 2. The van der Waals surface area contributed by atoms with Gasteiger partial charge in [0.1, 0.15) is 5.82 Å². The summed E-state index contributed by atoms with van der Waals surface area (Å²) in [5.41, 5.74) is 1.42. The molecule has 0 bridgehead atoms. The zero-order chi connectivity index (χ0) is 18.4.